The molecule has 2 aliphatic carbocycles. The van der Waals surface area contributed by atoms with Crippen LogP contribution in [0.1, 0.15) is 39.5 Å². The van der Waals surface area contributed by atoms with Crippen molar-refractivity contribution < 1.29 is 10.0 Å². The topological polar surface area (TPSA) is 87.7 Å². The van der Waals surface area contributed by atoms with E-state index in [0.29, 0.717) is 5.92 Å². The highest BCUT2D eigenvalue weighted by atomic mass is 16.4. The van der Waals surface area contributed by atoms with Crippen molar-refractivity contribution in [3.63, 3.8) is 0 Å². The minimum atomic E-state index is -0.538. The number of hydrogen-bond acceptors (Lipinski definition) is 3. The van der Waals surface area contributed by atoms with Gasteiger partial charge in [0.2, 0.25) is 5.91 Å². The van der Waals surface area contributed by atoms with Gasteiger partial charge >= 0.3 is 0 Å². The summed E-state index contributed by atoms with van der Waals surface area (Å²) in [4.78, 5) is 12.2. The third-order valence-electron chi connectivity index (χ3n) is 4.35. The number of nitrogens with two attached hydrogens (primary N) is 1. The Morgan fingerprint density at radius 2 is 1.84 bits per heavy atom. The molecule has 1 atom stereocenters. The molecule has 0 aromatic rings. The highest BCUT2D eigenvalue weighted by molar-refractivity contribution is 6.02. The molecule has 19 heavy (non-hydrogen) atoms. The first-order valence-corrected chi connectivity index (χ1v) is 7.29. The van der Waals surface area contributed by atoms with Gasteiger partial charge < -0.3 is 16.3 Å². The summed E-state index contributed by atoms with van der Waals surface area (Å²) in [6, 6.07) is 0. The number of oxime groups is 1. The van der Waals surface area contributed by atoms with Crippen LogP contribution < -0.4 is 11.1 Å². The maximum Gasteiger partial charge on any atom is 0.231 e. The zero-order valence-corrected chi connectivity index (χ0v) is 11.8. The fourth-order valence-corrected chi connectivity index (χ4v) is 2.94. The Balaban J connectivity index is 1.87. The molecule has 0 bridgehead atoms. The SMILES string of the molecule is CC(C)C(C(=O)NCC(C1CC1)C1CC1)C(N)=NO. The average Bonchev–Trinajstić information content (AvgIpc) is 3.22. The van der Waals surface area contributed by atoms with Gasteiger partial charge in [-0.25, -0.2) is 0 Å². The minimum Gasteiger partial charge on any atom is -0.409 e. The number of amides is 1. The second-order valence-electron chi connectivity index (χ2n) is 6.33. The van der Waals surface area contributed by atoms with Crippen LogP contribution in [-0.4, -0.2) is 23.5 Å². The highest BCUT2D eigenvalue weighted by Crippen LogP contribution is 2.48. The maximum atomic E-state index is 12.2. The van der Waals surface area contributed by atoms with Crippen LogP contribution in [0.25, 0.3) is 0 Å². The minimum absolute atomic E-state index is 0.00175. The van der Waals surface area contributed by atoms with Crippen LogP contribution in [0.3, 0.4) is 0 Å². The van der Waals surface area contributed by atoms with Gasteiger partial charge in [-0.05, 0) is 49.4 Å². The molecule has 0 spiro atoms. The van der Waals surface area contributed by atoms with Crippen molar-refractivity contribution in [2.24, 2.45) is 40.5 Å². The van der Waals surface area contributed by atoms with Gasteiger partial charge in [-0.1, -0.05) is 19.0 Å². The van der Waals surface area contributed by atoms with E-state index in [1.54, 1.807) is 0 Å². The molecule has 1 amide bonds. The molecule has 5 heteroatoms. The Kier molecular flexibility index (Phi) is 4.32. The van der Waals surface area contributed by atoms with Crippen molar-refractivity contribution in [2.45, 2.75) is 39.5 Å². The average molecular weight is 267 g/mol. The van der Waals surface area contributed by atoms with Gasteiger partial charge in [0.05, 0.1) is 0 Å². The number of nitrogens with one attached hydrogen (secondary N) is 1. The molecule has 0 radical (unpaired) electrons. The standard InChI is InChI=1S/C14H25N3O2/c1-8(2)12(13(15)17-19)14(18)16-7-11(9-3-4-9)10-5-6-10/h8-12,19H,3-7H2,1-2H3,(H2,15,17)(H,16,18). The van der Waals surface area contributed by atoms with E-state index in [2.05, 4.69) is 10.5 Å². The van der Waals surface area contributed by atoms with Gasteiger partial charge in [-0.15, -0.1) is 0 Å². The van der Waals surface area contributed by atoms with E-state index >= 15 is 0 Å². The molecule has 0 aromatic heterocycles. The number of carbonyl (C=O) groups is 1. The van der Waals surface area contributed by atoms with Gasteiger partial charge in [0, 0.05) is 6.54 Å². The Labute approximate surface area is 114 Å². The lowest BCUT2D eigenvalue weighted by molar-refractivity contribution is -0.124. The van der Waals surface area contributed by atoms with Crippen LogP contribution in [0.2, 0.25) is 0 Å². The highest BCUT2D eigenvalue weighted by Gasteiger charge is 2.41. The van der Waals surface area contributed by atoms with Crippen molar-refractivity contribution in [1.82, 2.24) is 5.32 Å². The lowest BCUT2D eigenvalue weighted by atomic mass is 9.92. The summed E-state index contributed by atoms with van der Waals surface area (Å²) >= 11 is 0. The van der Waals surface area contributed by atoms with E-state index in [-0.39, 0.29) is 17.7 Å². The van der Waals surface area contributed by atoms with E-state index in [9.17, 15) is 4.79 Å². The quantitative estimate of drug-likeness (QED) is 0.283. The molecule has 2 aliphatic rings. The summed E-state index contributed by atoms with van der Waals surface area (Å²) in [5.74, 6) is 1.64. The number of hydrogen-bond donors (Lipinski definition) is 3. The number of carbonyl (C=O) groups excluding carboxylic acids is 1. The van der Waals surface area contributed by atoms with E-state index in [1.807, 2.05) is 13.8 Å². The van der Waals surface area contributed by atoms with Crippen molar-refractivity contribution in [3.8, 4) is 0 Å². The van der Waals surface area contributed by atoms with Gasteiger partial charge in [0.1, 0.15) is 5.92 Å². The Bertz CT molecular complexity index is 348. The molecule has 0 heterocycles. The molecule has 5 nitrogen and oxygen atoms in total. The monoisotopic (exact) mass is 267 g/mol. The van der Waals surface area contributed by atoms with Crippen molar-refractivity contribution in [1.29, 1.82) is 0 Å². The maximum absolute atomic E-state index is 12.2. The fourth-order valence-electron chi connectivity index (χ4n) is 2.94. The lowest BCUT2D eigenvalue weighted by Gasteiger charge is -2.21. The summed E-state index contributed by atoms with van der Waals surface area (Å²) in [6.45, 7) is 4.55. The van der Waals surface area contributed by atoms with Gasteiger partial charge in [0.25, 0.3) is 0 Å². The fraction of sp³-hybridized carbons (Fsp3) is 0.857. The predicted molar refractivity (Wildman–Crippen MR) is 73.7 cm³/mol. The predicted octanol–water partition coefficient (Wildman–Crippen LogP) is 1.56. The molecule has 2 rings (SSSR count). The number of nitrogens with zero attached hydrogens (tertiary/aromatic N) is 1. The third kappa shape index (κ3) is 3.61. The van der Waals surface area contributed by atoms with E-state index < -0.39 is 5.92 Å². The Morgan fingerprint density at radius 3 is 2.21 bits per heavy atom. The van der Waals surface area contributed by atoms with Gasteiger partial charge in [0.15, 0.2) is 5.84 Å². The van der Waals surface area contributed by atoms with E-state index in [4.69, 9.17) is 10.9 Å². The molecule has 2 saturated carbocycles. The first kappa shape index (κ1) is 14.2. The molecule has 2 fully saturated rings. The first-order valence-electron chi connectivity index (χ1n) is 7.29. The van der Waals surface area contributed by atoms with Crippen LogP contribution >= 0.6 is 0 Å². The molecule has 108 valence electrons. The van der Waals surface area contributed by atoms with Crippen LogP contribution in [0, 0.1) is 29.6 Å². The number of amidine groups is 1. The van der Waals surface area contributed by atoms with E-state index in [1.165, 1.54) is 25.7 Å². The lowest BCUT2D eigenvalue weighted by Crippen LogP contribution is -2.43. The van der Waals surface area contributed by atoms with Crippen LogP contribution in [0.4, 0.5) is 0 Å². The normalized spacial score (nSPS) is 21.8. The second-order valence-corrected chi connectivity index (χ2v) is 6.33. The summed E-state index contributed by atoms with van der Waals surface area (Å²) < 4.78 is 0. The Hall–Kier alpha value is -1.26. The smallest absolute Gasteiger partial charge is 0.231 e. The van der Waals surface area contributed by atoms with Gasteiger partial charge in [-0.2, -0.15) is 0 Å². The van der Waals surface area contributed by atoms with Gasteiger partial charge in [-0.3, -0.25) is 4.79 Å². The zero-order valence-electron chi connectivity index (χ0n) is 11.8. The number of rotatable bonds is 7. The van der Waals surface area contributed by atoms with Crippen LogP contribution in [0.5, 0.6) is 0 Å². The summed E-state index contributed by atoms with van der Waals surface area (Å²) in [5, 5.41) is 14.8. The second kappa shape index (κ2) is 5.80. The van der Waals surface area contributed by atoms with Crippen LogP contribution in [-0.2, 0) is 4.79 Å². The summed E-state index contributed by atoms with van der Waals surface area (Å²) in [6.07, 6.45) is 5.24. The largest absolute Gasteiger partial charge is 0.409 e. The molecule has 1 unspecified atom stereocenters. The van der Waals surface area contributed by atoms with Crippen LogP contribution in [0.15, 0.2) is 5.16 Å². The third-order valence-corrected chi connectivity index (χ3v) is 4.35. The molecular formula is C14H25N3O2. The van der Waals surface area contributed by atoms with Crippen molar-refractivity contribution in [3.05, 3.63) is 0 Å². The molecule has 0 aliphatic heterocycles. The first-order chi connectivity index (χ1) is 9.04. The summed E-state index contributed by atoms with van der Waals surface area (Å²) in [5.41, 5.74) is 5.61. The molecule has 0 aromatic carbocycles. The van der Waals surface area contributed by atoms with Crippen molar-refractivity contribution in [2.75, 3.05) is 6.54 Å². The molecular weight excluding hydrogens is 242 g/mol. The molecule has 0 saturated heterocycles. The molecule has 4 N–H and O–H groups in total. The summed E-state index contributed by atoms with van der Waals surface area (Å²) in [7, 11) is 0. The zero-order chi connectivity index (χ0) is 14.0. The van der Waals surface area contributed by atoms with E-state index in [0.717, 1.165) is 18.4 Å². The Morgan fingerprint density at radius 1 is 1.32 bits per heavy atom. The van der Waals surface area contributed by atoms with Crippen molar-refractivity contribution >= 4 is 11.7 Å².